The maximum absolute atomic E-state index is 12.4. The third-order valence-electron chi connectivity index (χ3n) is 5.22. The summed E-state index contributed by atoms with van der Waals surface area (Å²) in [7, 11) is 0. The molecule has 6 heteroatoms. The maximum Gasteiger partial charge on any atom is 0.407 e. The molecule has 0 saturated heterocycles. The topological polar surface area (TPSA) is 95.9 Å². The second kappa shape index (κ2) is 9.09. The summed E-state index contributed by atoms with van der Waals surface area (Å²) in [6, 6.07) is 15.5. The predicted molar refractivity (Wildman–Crippen MR) is 110 cm³/mol. The van der Waals surface area contributed by atoms with Crippen molar-refractivity contribution in [3.63, 3.8) is 0 Å². The Morgan fingerprint density at radius 1 is 1.03 bits per heavy atom. The van der Waals surface area contributed by atoms with E-state index in [0.717, 1.165) is 22.3 Å². The van der Waals surface area contributed by atoms with E-state index in [0.29, 0.717) is 6.42 Å². The first-order valence-corrected chi connectivity index (χ1v) is 9.88. The lowest BCUT2D eigenvalue weighted by molar-refractivity contribution is -0.139. The fourth-order valence-electron chi connectivity index (χ4n) is 3.93. The first-order valence-electron chi connectivity index (χ1n) is 9.88. The number of carboxylic acid groups (broad SMARTS) is 1. The molecule has 3 rings (SSSR count). The van der Waals surface area contributed by atoms with Crippen LogP contribution in [0.5, 0.6) is 0 Å². The van der Waals surface area contributed by atoms with E-state index >= 15 is 0 Å². The molecular weight excluding hydrogens is 370 g/mol. The number of carbonyl (C=O) groups excluding carboxylic acids is 1. The number of ether oxygens (including phenoxy) is 1. The molecule has 0 saturated carbocycles. The van der Waals surface area contributed by atoms with Crippen LogP contribution in [0.15, 0.2) is 48.5 Å². The number of hydrogen-bond donors (Lipinski definition) is 3. The molecule has 0 aliphatic heterocycles. The van der Waals surface area contributed by atoms with Crippen LogP contribution in [0.4, 0.5) is 4.79 Å². The average molecular weight is 397 g/mol. The van der Waals surface area contributed by atoms with Gasteiger partial charge >= 0.3 is 12.1 Å². The van der Waals surface area contributed by atoms with Gasteiger partial charge in [-0.25, -0.2) is 4.79 Å². The summed E-state index contributed by atoms with van der Waals surface area (Å²) in [4.78, 5) is 23.3. The zero-order valence-corrected chi connectivity index (χ0v) is 16.7. The number of alkyl carbamates (subject to hydrolysis) is 1. The number of carbonyl (C=O) groups is 2. The monoisotopic (exact) mass is 397 g/mol. The number of aliphatic hydroxyl groups excluding tert-OH is 1. The van der Waals surface area contributed by atoms with Gasteiger partial charge in [0, 0.05) is 5.92 Å². The number of nitrogens with one attached hydrogen (secondary N) is 1. The molecule has 2 atom stereocenters. The van der Waals surface area contributed by atoms with E-state index in [2.05, 4.69) is 17.4 Å². The highest BCUT2D eigenvalue weighted by Gasteiger charge is 2.30. The summed E-state index contributed by atoms with van der Waals surface area (Å²) in [5, 5.41) is 21.7. The molecule has 2 aromatic rings. The number of amides is 1. The molecule has 6 nitrogen and oxygen atoms in total. The van der Waals surface area contributed by atoms with Gasteiger partial charge in [-0.15, -0.1) is 0 Å². The lowest BCUT2D eigenvalue weighted by atomic mass is 9.97. The lowest BCUT2D eigenvalue weighted by Gasteiger charge is -2.25. The minimum atomic E-state index is -1.17. The molecule has 0 aromatic heterocycles. The number of carboxylic acids is 1. The predicted octanol–water partition coefficient (Wildman–Crippen LogP) is 3.78. The molecule has 0 bridgehead atoms. The molecule has 0 heterocycles. The molecule has 2 aromatic carbocycles. The Morgan fingerprint density at radius 3 is 2.10 bits per heavy atom. The molecule has 154 valence electrons. The molecule has 0 radical (unpaired) electrons. The van der Waals surface area contributed by atoms with Gasteiger partial charge in [0.2, 0.25) is 0 Å². The van der Waals surface area contributed by atoms with Gasteiger partial charge in [-0.1, -0.05) is 62.4 Å². The fraction of sp³-hybridized carbons (Fsp3) is 0.391. The van der Waals surface area contributed by atoms with Crippen LogP contribution in [0, 0.1) is 5.92 Å². The van der Waals surface area contributed by atoms with Crippen molar-refractivity contribution >= 4 is 12.1 Å². The summed E-state index contributed by atoms with van der Waals surface area (Å²) in [6.45, 7) is 4.06. The Bertz CT molecular complexity index is 834. The minimum absolute atomic E-state index is 0.0550. The third-order valence-corrected chi connectivity index (χ3v) is 5.22. The van der Waals surface area contributed by atoms with Crippen LogP contribution in [-0.4, -0.2) is 41.0 Å². The SMILES string of the molecule is CC(C)C[C@H](NC(=O)OCC1c2ccccc2-c2ccccc21)[C@H](O)CC(=O)O. The number of rotatable bonds is 8. The van der Waals surface area contributed by atoms with Crippen molar-refractivity contribution in [2.75, 3.05) is 6.61 Å². The summed E-state index contributed by atoms with van der Waals surface area (Å²) in [5.74, 6) is -0.987. The standard InChI is InChI=1S/C23H27NO5/c1-14(2)11-20(21(25)12-22(26)27)24-23(28)29-13-19-17-9-5-3-7-15(17)16-8-4-6-10-18(16)19/h3-10,14,19-21,25H,11-13H2,1-2H3,(H,24,28)(H,26,27)/t20-,21+/m0/s1. The van der Waals surface area contributed by atoms with Crippen molar-refractivity contribution < 1.29 is 24.5 Å². The van der Waals surface area contributed by atoms with Crippen LogP contribution < -0.4 is 5.32 Å². The van der Waals surface area contributed by atoms with Crippen LogP contribution in [-0.2, 0) is 9.53 Å². The van der Waals surface area contributed by atoms with Gasteiger partial charge in [-0.3, -0.25) is 4.79 Å². The van der Waals surface area contributed by atoms with Gasteiger partial charge in [0.25, 0.3) is 0 Å². The highest BCUT2D eigenvalue weighted by molar-refractivity contribution is 5.79. The molecule has 0 unspecified atom stereocenters. The number of fused-ring (bicyclic) bond motifs is 3. The van der Waals surface area contributed by atoms with Gasteiger partial charge < -0.3 is 20.3 Å². The number of aliphatic hydroxyl groups is 1. The first-order chi connectivity index (χ1) is 13.9. The highest BCUT2D eigenvalue weighted by atomic mass is 16.5. The van der Waals surface area contributed by atoms with Gasteiger partial charge in [0.05, 0.1) is 18.6 Å². The van der Waals surface area contributed by atoms with E-state index in [9.17, 15) is 14.7 Å². The zero-order valence-electron chi connectivity index (χ0n) is 16.7. The largest absolute Gasteiger partial charge is 0.481 e. The van der Waals surface area contributed by atoms with Crippen LogP contribution in [0.2, 0.25) is 0 Å². The van der Waals surface area contributed by atoms with Crippen LogP contribution in [0.25, 0.3) is 11.1 Å². The molecule has 1 aliphatic carbocycles. The number of hydrogen-bond acceptors (Lipinski definition) is 4. The molecule has 0 fully saturated rings. The molecular formula is C23H27NO5. The van der Waals surface area contributed by atoms with Gasteiger partial charge in [0.15, 0.2) is 0 Å². The summed E-state index contributed by atoms with van der Waals surface area (Å²) < 4.78 is 5.50. The van der Waals surface area contributed by atoms with E-state index in [4.69, 9.17) is 9.84 Å². The van der Waals surface area contributed by atoms with Gasteiger partial charge in [0.1, 0.15) is 6.61 Å². The lowest BCUT2D eigenvalue weighted by Crippen LogP contribution is -2.45. The minimum Gasteiger partial charge on any atom is -0.481 e. The second-order valence-corrected chi connectivity index (χ2v) is 7.87. The fourth-order valence-corrected chi connectivity index (χ4v) is 3.93. The van der Waals surface area contributed by atoms with Crippen molar-refractivity contribution in [3.8, 4) is 11.1 Å². The molecule has 1 amide bonds. The van der Waals surface area contributed by atoms with Crippen molar-refractivity contribution in [3.05, 3.63) is 59.7 Å². The zero-order chi connectivity index (χ0) is 21.0. The molecule has 29 heavy (non-hydrogen) atoms. The highest BCUT2D eigenvalue weighted by Crippen LogP contribution is 2.44. The Labute approximate surface area is 170 Å². The van der Waals surface area contributed by atoms with Crippen molar-refractivity contribution in [2.45, 2.75) is 44.8 Å². The Morgan fingerprint density at radius 2 is 1.59 bits per heavy atom. The van der Waals surface area contributed by atoms with Crippen LogP contribution >= 0.6 is 0 Å². The van der Waals surface area contributed by atoms with E-state index in [1.165, 1.54) is 0 Å². The Kier molecular flexibility index (Phi) is 6.54. The van der Waals surface area contributed by atoms with E-state index in [1.807, 2.05) is 50.2 Å². The first kappa shape index (κ1) is 20.9. The maximum atomic E-state index is 12.4. The Hall–Kier alpha value is -2.86. The van der Waals surface area contributed by atoms with E-state index in [-0.39, 0.29) is 18.4 Å². The summed E-state index contributed by atoms with van der Waals surface area (Å²) in [6.07, 6.45) is -1.79. The summed E-state index contributed by atoms with van der Waals surface area (Å²) >= 11 is 0. The third kappa shape index (κ3) is 4.95. The van der Waals surface area contributed by atoms with Gasteiger partial charge in [-0.05, 0) is 34.6 Å². The molecule has 3 N–H and O–H groups in total. The number of benzene rings is 2. The van der Waals surface area contributed by atoms with E-state index in [1.54, 1.807) is 0 Å². The summed E-state index contributed by atoms with van der Waals surface area (Å²) in [5.41, 5.74) is 4.52. The Balaban J connectivity index is 1.67. The molecule has 0 spiro atoms. The smallest absolute Gasteiger partial charge is 0.407 e. The quantitative estimate of drug-likeness (QED) is 0.630. The van der Waals surface area contributed by atoms with Gasteiger partial charge in [-0.2, -0.15) is 0 Å². The molecule has 1 aliphatic rings. The second-order valence-electron chi connectivity index (χ2n) is 7.87. The average Bonchev–Trinajstić information content (AvgIpc) is 2.99. The van der Waals surface area contributed by atoms with E-state index < -0.39 is 30.6 Å². The van der Waals surface area contributed by atoms with Crippen LogP contribution in [0.1, 0.15) is 43.7 Å². The van der Waals surface area contributed by atoms with Crippen molar-refractivity contribution in [1.29, 1.82) is 0 Å². The normalized spacial score (nSPS) is 14.8. The number of aliphatic carboxylic acids is 1. The van der Waals surface area contributed by atoms with Crippen molar-refractivity contribution in [1.82, 2.24) is 5.32 Å². The van der Waals surface area contributed by atoms with Crippen molar-refractivity contribution in [2.24, 2.45) is 5.92 Å². The van der Waals surface area contributed by atoms with Crippen LogP contribution in [0.3, 0.4) is 0 Å².